The number of halogens is 1. The number of nitrogens with zero attached hydrogens (tertiary/aromatic N) is 1. The van der Waals surface area contributed by atoms with Crippen LogP contribution in [0.2, 0.25) is 0 Å². The third-order valence-corrected chi connectivity index (χ3v) is 16.0. The van der Waals surface area contributed by atoms with Gasteiger partial charge in [0.05, 0.1) is 115 Å². The average molecular weight is 1630 g/mol. The van der Waals surface area contributed by atoms with Crippen molar-refractivity contribution in [1.29, 1.82) is 0 Å². The standard InChI is InChI=1S/C16H24O10.C10H17NO5.C10H21NO4.C9H21NO2.C9H20O4.C8H16O3.C5H11ClO2.C5H10O4/c1-4-15(2,3)14(24)25-7-5-6-12(21)26-16(13(22)23,8-10(17)18)9-11(19)20;1-4-10(2,3)9(16)11-6(8(14)15)5-7(12)13;1-4-9(2,3)8(15)11-10(5-12,6-13)7-14;1-5-10(6-2)7-9(12-4)8-11-3;1-5-12-9(13-6-2)8(11-4)7-10-3;1-4-5-11-7-8(10-3)6-9-2;1-7-4-5(3-6)8-2;1-8-3-4(9-2)5(6)7/h4-9H2,1-3H3,(H,17,18)(H,19,20)(H,22,23);6H,4-5H2,1-3H3,(H,11,16)(H,12,13)(H,14,15);12-14H,4-7H2,1-3H3,(H,11,15);9H,5-8H2,1-4H3;8-9H,5-7H2,1-4H3;4,8H,1,5-7H2,2-3H3;5H,3-4H2,1-2H3;4H,3H2,1-2H3,(H,6,7). The first-order valence-electron chi connectivity index (χ1n) is 35.4. The van der Waals surface area contributed by atoms with E-state index in [-0.39, 0.29) is 62.7 Å². The molecule has 654 valence electrons. The van der Waals surface area contributed by atoms with Crippen LogP contribution in [0, 0.1) is 16.2 Å². The molecule has 0 rings (SSSR count). The summed E-state index contributed by atoms with van der Waals surface area (Å²) in [5.74, 6) is -10.5. The molecular formula is C72H140ClN3O34. The zero-order chi connectivity index (χ0) is 87.3. The maximum absolute atomic E-state index is 11.8. The van der Waals surface area contributed by atoms with Gasteiger partial charge in [-0.15, -0.1) is 18.2 Å². The first kappa shape index (κ1) is 120. The molecule has 38 heteroatoms. The van der Waals surface area contributed by atoms with E-state index in [2.05, 4.69) is 50.2 Å². The van der Waals surface area contributed by atoms with Crippen LogP contribution in [0.25, 0.3) is 0 Å². The second-order valence-electron chi connectivity index (χ2n) is 25.5. The molecule has 0 saturated heterocycles. The summed E-state index contributed by atoms with van der Waals surface area (Å²) in [6.45, 7) is 33.6. The summed E-state index contributed by atoms with van der Waals surface area (Å²) in [6.07, 6.45) is -0.986. The van der Waals surface area contributed by atoms with E-state index in [1.165, 1.54) is 14.2 Å². The minimum Gasteiger partial charge on any atom is -0.481 e. The van der Waals surface area contributed by atoms with Gasteiger partial charge in [-0.2, -0.15) is 0 Å². The second-order valence-corrected chi connectivity index (χ2v) is 25.8. The topological polar surface area (TPSA) is 519 Å². The quantitative estimate of drug-likeness (QED) is 0.0133. The van der Waals surface area contributed by atoms with Crippen LogP contribution < -0.4 is 10.6 Å². The van der Waals surface area contributed by atoms with Gasteiger partial charge in [-0.25, -0.2) is 14.4 Å². The lowest BCUT2D eigenvalue weighted by Gasteiger charge is -2.33. The van der Waals surface area contributed by atoms with Gasteiger partial charge in [-0.3, -0.25) is 33.6 Å². The fourth-order valence-electron chi connectivity index (χ4n) is 7.11. The van der Waals surface area contributed by atoms with Crippen LogP contribution in [-0.4, -0.2) is 347 Å². The molecule has 110 heavy (non-hydrogen) atoms. The largest absolute Gasteiger partial charge is 0.481 e. The van der Waals surface area contributed by atoms with Crippen molar-refractivity contribution in [2.75, 3.05) is 183 Å². The SMILES string of the molecule is C=CCOCC(COC)OC.CCC(C)(C)C(=O)NC(CC(=O)O)C(=O)O.CCC(C)(C)C(=O)NC(CO)(CO)CO.CCC(C)(C)C(=O)OCCCC(=O)OC(CC(=O)O)(CC(=O)O)C(=O)O.CCN(CC)CC(COC)OC.CCOC(OCC)C(COC)OC.COCC(CCl)OC.COCC(OC)C(=O)O. The van der Waals surface area contributed by atoms with Crippen molar-refractivity contribution in [2.24, 2.45) is 16.2 Å². The van der Waals surface area contributed by atoms with Gasteiger partial charge in [0, 0.05) is 108 Å². The molecule has 0 radical (unpaired) electrons. The zero-order valence-corrected chi connectivity index (χ0v) is 70.3. The number of amides is 2. The van der Waals surface area contributed by atoms with Crippen molar-refractivity contribution in [1.82, 2.24) is 15.5 Å². The molecule has 0 saturated carbocycles. The maximum Gasteiger partial charge on any atom is 0.349 e. The maximum atomic E-state index is 11.8. The molecule has 0 aliphatic rings. The van der Waals surface area contributed by atoms with Crippen LogP contribution in [0.3, 0.4) is 0 Å². The Kier molecular flexibility index (Phi) is 79.7. The Morgan fingerprint density at radius 1 is 0.527 bits per heavy atom. The molecule has 0 aromatic carbocycles. The highest BCUT2D eigenvalue weighted by Crippen LogP contribution is 2.25. The Morgan fingerprint density at radius 2 is 0.964 bits per heavy atom. The summed E-state index contributed by atoms with van der Waals surface area (Å²) in [6, 6.07) is -1.38. The Balaban J connectivity index is -0.000000185. The fourth-order valence-corrected chi connectivity index (χ4v) is 7.32. The van der Waals surface area contributed by atoms with Crippen LogP contribution in [0.5, 0.6) is 0 Å². The van der Waals surface area contributed by atoms with E-state index in [0.29, 0.717) is 78.0 Å². The van der Waals surface area contributed by atoms with Gasteiger partial charge in [0.2, 0.25) is 17.4 Å². The number of alkyl halides is 1. The number of aliphatic hydroxyl groups is 3. The number of carbonyl (C=O) groups excluding carboxylic acids is 4. The summed E-state index contributed by atoms with van der Waals surface area (Å²) < 4.78 is 74.7. The van der Waals surface area contributed by atoms with Gasteiger partial charge in [0.15, 0.2) is 12.4 Å². The van der Waals surface area contributed by atoms with E-state index in [9.17, 15) is 47.9 Å². The second kappa shape index (κ2) is 73.2. The van der Waals surface area contributed by atoms with Gasteiger partial charge in [0.25, 0.3) is 0 Å². The summed E-state index contributed by atoms with van der Waals surface area (Å²) in [5, 5.41) is 84.1. The van der Waals surface area contributed by atoms with Crippen LogP contribution in [0.1, 0.15) is 141 Å². The molecule has 0 aliphatic heterocycles. The van der Waals surface area contributed by atoms with Crippen molar-refractivity contribution < 1.29 is 165 Å². The van der Waals surface area contributed by atoms with Crippen molar-refractivity contribution in [3.05, 3.63) is 12.7 Å². The van der Waals surface area contributed by atoms with Crippen LogP contribution in [0.15, 0.2) is 12.7 Å². The summed E-state index contributed by atoms with van der Waals surface area (Å²) >= 11 is 5.44. The number of likely N-dealkylation sites (N-methyl/N-ethyl adjacent to an activating group) is 1. The molecule has 37 nitrogen and oxygen atoms in total. The molecule has 0 fully saturated rings. The number of ether oxygens (including phenoxy) is 15. The molecule has 0 heterocycles. The first-order valence-corrected chi connectivity index (χ1v) is 35.9. The van der Waals surface area contributed by atoms with E-state index in [0.717, 1.165) is 19.6 Å². The van der Waals surface area contributed by atoms with Gasteiger partial charge in [-0.05, 0) is 66.5 Å². The third kappa shape index (κ3) is 62.6. The van der Waals surface area contributed by atoms with Crippen molar-refractivity contribution >= 4 is 71.2 Å². The molecule has 0 spiro atoms. The van der Waals surface area contributed by atoms with E-state index in [1.54, 1.807) is 111 Å². The van der Waals surface area contributed by atoms with Gasteiger partial charge >= 0.3 is 47.8 Å². The van der Waals surface area contributed by atoms with Crippen LogP contribution in [0.4, 0.5) is 0 Å². The minimum atomic E-state index is -2.70. The Morgan fingerprint density at radius 3 is 1.27 bits per heavy atom. The monoisotopic (exact) mass is 1630 g/mol. The molecule has 2 amide bonds. The number of carboxylic acids is 6. The number of aliphatic hydroxyl groups excluding tert-OH is 3. The zero-order valence-electron chi connectivity index (χ0n) is 69.6. The Labute approximate surface area is 656 Å². The van der Waals surface area contributed by atoms with Gasteiger partial charge < -0.3 is 133 Å². The van der Waals surface area contributed by atoms with Crippen LogP contribution >= 0.6 is 11.6 Å². The molecule has 0 aromatic heterocycles. The summed E-state index contributed by atoms with van der Waals surface area (Å²) in [5.41, 5.74) is -5.99. The Bertz CT molecular complexity index is 2350. The van der Waals surface area contributed by atoms with Crippen molar-refractivity contribution in [2.45, 2.75) is 195 Å². The van der Waals surface area contributed by atoms with Crippen molar-refractivity contribution in [3.63, 3.8) is 0 Å². The molecular weight excluding hydrogens is 1490 g/mol. The number of hydrogen-bond donors (Lipinski definition) is 11. The summed E-state index contributed by atoms with van der Waals surface area (Å²) in [7, 11) is 16.0. The number of methoxy groups -OCH3 is 10. The molecule has 6 unspecified atom stereocenters. The number of carboxylic acid groups (broad SMARTS) is 6. The predicted octanol–water partition coefficient (Wildman–Crippen LogP) is 4.29. The Hall–Kier alpha value is -5.95. The molecule has 0 aromatic rings. The predicted molar refractivity (Wildman–Crippen MR) is 405 cm³/mol. The highest BCUT2D eigenvalue weighted by Gasteiger charge is 2.47. The third-order valence-electron chi connectivity index (χ3n) is 15.6. The fraction of sp³-hybridized carbons (Fsp3) is 0.833. The lowest BCUT2D eigenvalue weighted by atomic mass is 9.87. The van der Waals surface area contributed by atoms with Crippen LogP contribution in [-0.2, 0) is 119 Å². The number of rotatable bonds is 54. The molecule has 6 atom stereocenters. The van der Waals surface area contributed by atoms with E-state index in [1.807, 2.05) is 27.7 Å². The molecule has 11 N–H and O–H groups in total. The number of aliphatic carboxylic acids is 6. The number of nitrogens with one attached hydrogen (secondary N) is 2. The van der Waals surface area contributed by atoms with E-state index >= 15 is 0 Å². The number of carbonyl (C=O) groups is 10. The normalized spacial score (nSPS) is 12.8. The molecule has 0 aliphatic carbocycles. The highest BCUT2D eigenvalue weighted by atomic mass is 35.5. The number of hydrogen-bond acceptors (Lipinski definition) is 29. The number of esters is 2. The lowest BCUT2D eigenvalue weighted by molar-refractivity contribution is -0.206. The van der Waals surface area contributed by atoms with Crippen molar-refractivity contribution in [3.8, 4) is 0 Å². The van der Waals surface area contributed by atoms with Gasteiger partial charge in [0.1, 0.15) is 23.8 Å². The summed E-state index contributed by atoms with van der Waals surface area (Å²) in [4.78, 5) is 113. The lowest BCUT2D eigenvalue weighted by Crippen LogP contribution is -2.59. The molecule has 0 bridgehead atoms. The highest BCUT2D eigenvalue weighted by molar-refractivity contribution is 6.18. The van der Waals surface area contributed by atoms with Gasteiger partial charge in [-0.1, -0.05) is 68.4 Å². The first-order chi connectivity index (χ1) is 51.4. The van der Waals surface area contributed by atoms with E-state index in [4.69, 9.17) is 114 Å². The van der Waals surface area contributed by atoms with E-state index < -0.39 is 132 Å². The minimum absolute atomic E-state index is 0.0141. The average Bonchev–Trinajstić information content (AvgIpc) is 0.824. The smallest absolute Gasteiger partial charge is 0.349 e.